The van der Waals surface area contributed by atoms with Crippen molar-refractivity contribution in [2.75, 3.05) is 23.0 Å². The number of unbranched alkanes of at least 4 members (excludes halogenated alkanes) is 10. The molecule has 0 saturated heterocycles. The Morgan fingerprint density at radius 2 is 0.897 bits per heavy atom. The molecule has 0 heterocycles. The van der Waals surface area contributed by atoms with Crippen LogP contribution in [-0.4, -0.2) is 56.1 Å². The van der Waals surface area contributed by atoms with Crippen LogP contribution >= 0.6 is 23.5 Å². The Morgan fingerprint density at radius 1 is 0.621 bits per heavy atom. The second kappa shape index (κ2) is 33.1. The van der Waals surface area contributed by atoms with Gasteiger partial charge in [0.25, 0.3) is 0 Å². The monoisotopic (exact) mass is 556 g/mol. The molecule has 0 fully saturated rings. The molecule has 7 heteroatoms. The van der Waals surface area contributed by atoms with E-state index in [1.54, 1.807) is 0 Å². The molecule has 0 N–H and O–H groups in total. The molecule has 4 nitrogen and oxygen atoms in total. The molecule has 29 heavy (non-hydrogen) atoms. The Labute approximate surface area is 199 Å². The standard InChI is InChI=1S/2C10H20O2S.2CH3.Sn/c2*1-2-3-4-5-6-7-8-13-9-10(11)12;;;/h2*2-9H2,1H3,(H,11,12);2*1H3;/q;;;;+2/p-2. The number of carbonyl (C=O) groups is 2. The summed E-state index contributed by atoms with van der Waals surface area (Å²) < 4.78 is 0. The van der Waals surface area contributed by atoms with E-state index in [4.69, 9.17) is 0 Å². The molecule has 0 radical (unpaired) electrons. The average molecular weight is 555 g/mol. The van der Waals surface area contributed by atoms with Crippen LogP contribution in [0, 0.1) is 0 Å². The van der Waals surface area contributed by atoms with Gasteiger partial charge >= 0.3 is 31.0 Å². The van der Waals surface area contributed by atoms with Gasteiger partial charge in [-0.3, -0.25) is 0 Å². The number of thioether (sulfide) groups is 2. The molecule has 0 rings (SSSR count). The van der Waals surface area contributed by atoms with Crippen LogP contribution in [0.4, 0.5) is 0 Å². The van der Waals surface area contributed by atoms with E-state index < -0.39 is 11.9 Å². The molecule has 0 aliphatic carbocycles. The molecule has 0 atom stereocenters. The van der Waals surface area contributed by atoms with Crippen LogP contribution in [0.3, 0.4) is 0 Å². The Kier molecular flexibility index (Phi) is 38.9. The molecule has 0 amide bonds. The van der Waals surface area contributed by atoms with Gasteiger partial charge in [0.1, 0.15) is 0 Å². The zero-order valence-electron chi connectivity index (χ0n) is 19.3. The normalized spacial score (nSPS) is 9.52. The third kappa shape index (κ3) is 47.6. The second-order valence-corrected chi connectivity index (χ2v) is 11.9. The summed E-state index contributed by atoms with van der Waals surface area (Å²) >= 11 is 3.16. The minimum absolute atomic E-state index is 0.148. The van der Waals surface area contributed by atoms with Gasteiger partial charge in [-0.05, 0) is 24.3 Å². The van der Waals surface area contributed by atoms with E-state index in [-0.39, 0.29) is 32.6 Å². The quantitative estimate of drug-likeness (QED) is 0.184. The fourth-order valence-electron chi connectivity index (χ4n) is 2.28. The number of carboxylic acid groups (broad SMARTS) is 2. The first kappa shape index (κ1) is 34.1. The molecule has 0 bridgehead atoms. The topological polar surface area (TPSA) is 80.3 Å². The Bertz CT molecular complexity index is 302. The Morgan fingerprint density at radius 3 is 1.17 bits per heavy atom. The third-order valence-corrected chi connectivity index (χ3v) is 5.76. The Hall–Kier alpha value is 0.439. The van der Waals surface area contributed by atoms with Crippen molar-refractivity contribution in [1.82, 2.24) is 0 Å². The number of carbonyl (C=O) groups excluding carboxylic acids is 2. The van der Waals surface area contributed by atoms with Gasteiger partial charge in [0.05, 0.1) is 11.9 Å². The molecule has 0 unspecified atom stereocenters. The van der Waals surface area contributed by atoms with Gasteiger partial charge in [0, 0.05) is 11.5 Å². The molecule has 0 aromatic rings. The predicted octanol–water partition coefficient (Wildman–Crippen LogP) is 4.45. The first-order chi connectivity index (χ1) is 14.0. The first-order valence-corrected chi connectivity index (χ1v) is 19.1. The van der Waals surface area contributed by atoms with Crippen molar-refractivity contribution in [2.24, 2.45) is 0 Å². The molecule has 0 spiro atoms. The van der Waals surface area contributed by atoms with Gasteiger partial charge in [0.15, 0.2) is 0 Å². The summed E-state index contributed by atoms with van der Waals surface area (Å²) in [6, 6.07) is 0. The fraction of sp³-hybridized carbons (Fsp3) is 0.909. The molecular formula is C22H44O4S2Sn. The van der Waals surface area contributed by atoms with Gasteiger partial charge in [0.2, 0.25) is 0 Å². The van der Waals surface area contributed by atoms with Gasteiger partial charge < -0.3 is 19.8 Å². The summed E-state index contributed by atoms with van der Waals surface area (Å²) in [6.45, 7) is 4.41. The summed E-state index contributed by atoms with van der Waals surface area (Å²) in [5.41, 5.74) is 0. The molecule has 0 aliphatic rings. The van der Waals surface area contributed by atoms with Crippen molar-refractivity contribution >= 4 is 56.6 Å². The van der Waals surface area contributed by atoms with E-state index in [2.05, 4.69) is 23.7 Å². The van der Waals surface area contributed by atoms with Crippen molar-refractivity contribution in [3.05, 3.63) is 0 Å². The van der Waals surface area contributed by atoms with Crippen molar-refractivity contribution in [2.45, 2.75) is 101 Å². The van der Waals surface area contributed by atoms with E-state index in [1.165, 1.54) is 87.7 Å². The molecule has 0 saturated carbocycles. The maximum atomic E-state index is 10.0. The number of carboxylic acids is 2. The van der Waals surface area contributed by atoms with Gasteiger partial charge in [-0.2, -0.15) is 23.5 Å². The van der Waals surface area contributed by atoms with Gasteiger partial charge in [-0.25, -0.2) is 0 Å². The number of hydrogen-bond acceptors (Lipinski definition) is 6. The van der Waals surface area contributed by atoms with Crippen molar-refractivity contribution in [1.29, 1.82) is 0 Å². The van der Waals surface area contributed by atoms with Crippen LogP contribution in [0.5, 0.6) is 0 Å². The van der Waals surface area contributed by atoms with E-state index >= 15 is 0 Å². The SMILES string of the molecule is CCCCCCCCSCC(=O)[O-].CCCCCCCCSCC(=O)[O-].[CH3][Sn+2][CH3]. The third-order valence-electron chi connectivity index (χ3n) is 3.72. The van der Waals surface area contributed by atoms with Crippen molar-refractivity contribution in [3.8, 4) is 0 Å². The molecule has 172 valence electrons. The van der Waals surface area contributed by atoms with Crippen LogP contribution in [0.15, 0.2) is 0 Å². The molecule has 0 aliphatic heterocycles. The van der Waals surface area contributed by atoms with Crippen LogP contribution in [0.2, 0.25) is 9.88 Å². The second-order valence-electron chi connectivity index (χ2n) is 6.88. The van der Waals surface area contributed by atoms with Crippen LogP contribution in [0.1, 0.15) is 90.9 Å². The van der Waals surface area contributed by atoms with Crippen LogP contribution < -0.4 is 10.2 Å². The number of hydrogen-bond donors (Lipinski definition) is 0. The fourth-order valence-corrected chi connectivity index (χ4v) is 3.72. The number of aliphatic carboxylic acids is 2. The zero-order valence-corrected chi connectivity index (χ0v) is 23.8. The predicted molar refractivity (Wildman–Crippen MR) is 129 cm³/mol. The summed E-state index contributed by atoms with van der Waals surface area (Å²) in [4.78, 5) is 24.7. The van der Waals surface area contributed by atoms with E-state index in [0.717, 1.165) is 24.3 Å². The van der Waals surface area contributed by atoms with Crippen molar-refractivity contribution in [3.63, 3.8) is 0 Å². The summed E-state index contributed by atoms with van der Waals surface area (Å²) in [5.74, 6) is 0.316. The van der Waals surface area contributed by atoms with Gasteiger partial charge in [-0.1, -0.05) is 78.1 Å². The minimum atomic E-state index is -0.948. The maximum absolute atomic E-state index is 10.0. The zero-order chi connectivity index (χ0) is 22.6. The summed E-state index contributed by atoms with van der Waals surface area (Å²) in [6.07, 6.45) is 15.2. The molecular weight excluding hydrogens is 511 g/mol. The molecule has 0 aromatic heterocycles. The average Bonchev–Trinajstić information content (AvgIpc) is 2.67. The summed E-state index contributed by atoms with van der Waals surface area (Å²) in [5, 5.41) is 20.1. The Balaban J connectivity index is -0.000000410. The van der Waals surface area contributed by atoms with E-state index in [0.29, 0.717) is 0 Å². The van der Waals surface area contributed by atoms with Crippen LogP contribution in [-0.2, 0) is 9.59 Å². The van der Waals surface area contributed by atoms with Crippen molar-refractivity contribution < 1.29 is 19.8 Å². The first-order valence-electron chi connectivity index (χ1n) is 11.1. The van der Waals surface area contributed by atoms with E-state index in [9.17, 15) is 19.8 Å². The van der Waals surface area contributed by atoms with Gasteiger partial charge in [-0.15, -0.1) is 0 Å². The summed E-state index contributed by atoms with van der Waals surface area (Å²) in [7, 11) is 0. The van der Waals surface area contributed by atoms with E-state index in [1.807, 2.05) is 0 Å². The molecule has 0 aromatic carbocycles. The van der Waals surface area contributed by atoms with Crippen LogP contribution in [0.25, 0.3) is 0 Å². The number of rotatable bonds is 18.